The first-order valence-corrected chi connectivity index (χ1v) is 10.8. The van der Waals surface area contributed by atoms with Crippen LogP contribution < -0.4 is 15.5 Å². The van der Waals surface area contributed by atoms with E-state index in [1.807, 2.05) is 12.1 Å². The summed E-state index contributed by atoms with van der Waals surface area (Å²) in [6, 6.07) is 6.66. The number of rotatable bonds is 5. The topological polar surface area (TPSA) is 61.0 Å². The van der Waals surface area contributed by atoms with Crippen LogP contribution in [0, 0.1) is 5.82 Å². The van der Waals surface area contributed by atoms with Crippen molar-refractivity contribution in [1.29, 1.82) is 0 Å². The summed E-state index contributed by atoms with van der Waals surface area (Å²) >= 11 is 1.73. The van der Waals surface area contributed by atoms with Crippen molar-refractivity contribution in [3.05, 3.63) is 41.2 Å². The Labute approximate surface area is 192 Å². The SMILES string of the molecule is I.NC(=NCCc1csc(N2CCCC2)n1)N1CCN(c2ccc(F)cc2)CC1. The second-order valence-electron chi connectivity index (χ2n) is 7.26. The molecule has 3 heterocycles. The van der Waals surface area contributed by atoms with E-state index >= 15 is 0 Å². The van der Waals surface area contributed by atoms with Crippen LogP contribution >= 0.6 is 35.3 Å². The number of piperazine rings is 1. The molecule has 1 aromatic heterocycles. The van der Waals surface area contributed by atoms with Crippen LogP contribution in [0.5, 0.6) is 0 Å². The molecular weight excluding hydrogens is 502 g/mol. The fourth-order valence-electron chi connectivity index (χ4n) is 3.70. The molecule has 2 N–H and O–H groups in total. The number of aromatic nitrogens is 1. The van der Waals surface area contributed by atoms with Crippen molar-refractivity contribution < 1.29 is 4.39 Å². The van der Waals surface area contributed by atoms with Gasteiger partial charge in [0.15, 0.2) is 11.1 Å². The van der Waals surface area contributed by atoms with Crippen molar-refractivity contribution in [2.24, 2.45) is 10.7 Å². The van der Waals surface area contributed by atoms with Gasteiger partial charge in [-0.3, -0.25) is 4.99 Å². The Balaban J connectivity index is 0.00000240. The molecule has 9 heteroatoms. The van der Waals surface area contributed by atoms with E-state index in [1.54, 1.807) is 11.3 Å². The summed E-state index contributed by atoms with van der Waals surface area (Å²) in [5.74, 6) is 0.403. The minimum Gasteiger partial charge on any atom is -0.370 e. The van der Waals surface area contributed by atoms with E-state index in [1.165, 1.54) is 25.0 Å². The van der Waals surface area contributed by atoms with Crippen molar-refractivity contribution in [3.63, 3.8) is 0 Å². The standard InChI is InChI=1S/C20H27FN6S.HI/c21-16-3-5-18(6-4-16)25-11-13-26(14-12-25)19(22)23-8-7-17-15-28-20(24-17)27-9-1-2-10-27;/h3-6,15H,1-2,7-14H2,(H2,22,23);1H. The van der Waals surface area contributed by atoms with Crippen molar-refractivity contribution in [2.45, 2.75) is 19.3 Å². The molecule has 0 radical (unpaired) electrons. The van der Waals surface area contributed by atoms with Gasteiger partial charge < -0.3 is 20.4 Å². The average molecular weight is 530 g/mol. The smallest absolute Gasteiger partial charge is 0.191 e. The normalized spacial score (nSPS) is 17.6. The third-order valence-electron chi connectivity index (χ3n) is 5.35. The number of benzene rings is 1. The van der Waals surface area contributed by atoms with Crippen LogP contribution in [0.15, 0.2) is 34.6 Å². The lowest BCUT2D eigenvalue weighted by Crippen LogP contribution is -2.51. The molecular formula is C20H28FIN6S. The van der Waals surface area contributed by atoms with Crippen molar-refractivity contribution in [2.75, 3.05) is 55.6 Å². The fraction of sp³-hybridized carbons (Fsp3) is 0.500. The van der Waals surface area contributed by atoms with Crippen LogP contribution in [0.1, 0.15) is 18.5 Å². The summed E-state index contributed by atoms with van der Waals surface area (Å²) < 4.78 is 13.1. The Bertz CT molecular complexity index is 798. The van der Waals surface area contributed by atoms with Crippen molar-refractivity contribution in [1.82, 2.24) is 9.88 Å². The summed E-state index contributed by atoms with van der Waals surface area (Å²) in [7, 11) is 0. The number of thiazole rings is 1. The van der Waals surface area contributed by atoms with Crippen LogP contribution in [-0.2, 0) is 6.42 Å². The predicted octanol–water partition coefficient (Wildman–Crippen LogP) is 3.18. The Kier molecular flexibility index (Phi) is 7.93. The Hall–Kier alpha value is -1.62. The minimum absolute atomic E-state index is 0. The van der Waals surface area contributed by atoms with Gasteiger partial charge in [0.05, 0.1) is 5.69 Å². The zero-order valence-corrected chi connectivity index (χ0v) is 19.6. The van der Waals surface area contributed by atoms with Gasteiger partial charge in [-0.25, -0.2) is 9.37 Å². The molecule has 2 saturated heterocycles. The summed E-state index contributed by atoms with van der Waals surface area (Å²) in [6.45, 7) is 6.27. The molecule has 29 heavy (non-hydrogen) atoms. The number of guanidine groups is 1. The average Bonchev–Trinajstić information content (AvgIpc) is 3.40. The van der Waals surface area contributed by atoms with Crippen LogP contribution in [0.4, 0.5) is 15.2 Å². The maximum Gasteiger partial charge on any atom is 0.191 e. The molecule has 0 unspecified atom stereocenters. The van der Waals surface area contributed by atoms with Crippen LogP contribution in [0.3, 0.4) is 0 Å². The van der Waals surface area contributed by atoms with E-state index < -0.39 is 0 Å². The number of nitrogens with zero attached hydrogens (tertiary/aromatic N) is 5. The largest absolute Gasteiger partial charge is 0.370 e. The molecule has 2 aliphatic rings. The van der Waals surface area contributed by atoms with Gasteiger partial charge in [0, 0.05) is 63.3 Å². The van der Waals surface area contributed by atoms with Crippen LogP contribution in [0.25, 0.3) is 0 Å². The Morgan fingerprint density at radius 1 is 1.03 bits per heavy atom. The van der Waals surface area contributed by atoms with Crippen LogP contribution in [-0.4, -0.2) is 61.7 Å². The van der Waals surface area contributed by atoms with Gasteiger partial charge in [-0.05, 0) is 37.1 Å². The Morgan fingerprint density at radius 2 is 1.72 bits per heavy atom. The molecule has 0 bridgehead atoms. The molecule has 2 aliphatic heterocycles. The van der Waals surface area contributed by atoms with Gasteiger partial charge in [0.25, 0.3) is 0 Å². The number of nitrogens with two attached hydrogens (primary N) is 1. The number of hydrogen-bond donors (Lipinski definition) is 1. The number of anilines is 2. The predicted molar refractivity (Wildman–Crippen MR) is 129 cm³/mol. The lowest BCUT2D eigenvalue weighted by atomic mass is 10.2. The summed E-state index contributed by atoms with van der Waals surface area (Å²) in [5, 5.41) is 3.28. The maximum atomic E-state index is 13.1. The van der Waals surface area contributed by atoms with E-state index in [9.17, 15) is 4.39 Å². The van der Waals surface area contributed by atoms with E-state index in [0.29, 0.717) is 12.5 Å². The number of hydrogen-bond acceptors (Lipinski definition) is 5. The summed E-state index contributed by atoms with van der Waals surface area (Å²) in [6.07, 6.45) is 3.36. The summed E-state index contributed by atoms with van der Waals surface area (Å²) in [4.78, 5) is 16.0. The van der Waals surface area contributed by atoms with Gasteiger partial charge in [-0.1, -0.05) is 0 Å². The highest BCUT2D eigenvalue weighted by atomic mass is 127. The fourth-order valence-corrected chi connectivity index (χ4v) is 4.61. The monoisotopic (exact) mass is 530 g/mol. The first-order chi connectivity index (χ1) is 13.7. The van der Waals surface area contributed by atoms with Gasteiger partial charge in [0.2, 0.25) is 0 Å². The second kappa shape index (κ2) is 10.4. The molecule has 0 saturated carbocycles. The van der Waals surface area contributed by atoms with Gasteiger partial charge in [0.1, 0.15) is 5.82 Å². The molecule has 0 aliphatic carbocycles. The Morgan fingerprint density at radius 3 is 2.41 bits per heavy atom. The molecule has 0 amide bonds. The van der Waals surface area contributed by atoms with Crippen molar-refractivity contribution >= 4 is 52.1 Å². The molecule has 0 atom stereocenters. The quantitative estimate of drug-likeness (QED) is 0.366. The molecule has 0 spiro atoms. The summed E-state index contributed by atoms with van der Waals surface area (Å²) in [5.41, 5.74) is 8.35. The lowest BCUT2D eigenvalue weighted by Gasteiger charge is -2.36. The highest BCUT2D eigenvalue weighted by Gasteiger charge is 2.19. The third kappa shape index (κ3) is 5.71. The number of aliphatic imine (C=N–C) groups is 1. The highest BCUT2D eigenvalue weighted by molar-refractivity contribution is 14.0. The van der Waals surface area contributed by atoms with E-state index in [4.69, 9.17) is 10.7 Å². The lowest BCUT2D eigenvalue weighted by molar-refractivity contribution is 0.381. The maximum absolute atomic E-state index is 13.1. The third-order valence-corrected chi connectivity index (χ3v) is 6.30. The van der Waals surface area contributed by atoms with Gasteiger partial charge in [-0.15, -0.1) is 35.3 Å². The minimum atomic E-state index is -0.202. The van der Waals surface area contributed by atoms with Crippen LogP contribution in [0.2, 0.25) is 0 Å². The van der Waals surface area contributed by atoms with Gasteiger partial charge in [-0.2, -0.15) is 0 Å². The van der Waals surface area contributed by atoms with Gasteiger partial charge >= 0.3 is 0 Å². The first-order valence-electron chi connectivity index (χ1n) is 9.94. The van der Waals surface area contributed by atoms with E-state index in [0.717, 1.165) is 62.2 Å². The number of halogens is 2. The first kappa shape index (κ1) is 22.1. The molecule has 1 aromatic carbocycles. The highest BCUT2D eigenvalue weighted by Crippen LogP contribution is 2.24. The van der Waals surface area contributed by atoms with Crippen molar-refractivity contribution in [3.8, 4) is 0 Å². The van der Waals surface area contributed by atoms with E-state index in [2.05, 4.69) is 25.1 Å². The molecule has 4 rings (SSSR count). The molecule has 2 aromatic rings. The zero-order valence-electron chi connectivity index (χ0n) is 16.5. The van der Waals surface area contributed by atoms with E-state index in [-0.39, 0.29) is 29.8 Å². The zero-order chi connectivity index (χ0) is 19.3. The molecule has 2 fully saturated rings. The molecule has 6 nitrogen and oxygen atoms in total. The molecule has 158 valence electrons. The second-order valence-corrected chi connectivity index (χ2v) is 8.09.